The fourth-order valence-electron chi connectivity index (χ4n) is 3.97. The van der Waals surface area contributed by atoms with E-state index in [1.165, 1.54) is 11.6 Å². The molecule has 0 aliphatic rings. The lowest BCUT2D eigenvalue weighted by molar-refractivity contribution is -0.136. The minimum Gasteiger partial charge on any atom is -0.489 e. The number of alkyl halides is 3. The standard InChI is InChI=1S/C27H17Cl3F3N3O/c1-15-25-22(27(31,32)33)13-24(34-26(25)36(35-15)20-4-2-3-18(28)11-20)16-6-9-21(10-7-16)37-14-17-5-8-19(29)12-23(17)30/h2-13H,14H2,1H3. The molecule has 5 aromatic rings. The second-order valence-corrected chi connectivity index (χ2v) is 9.56. The SMILES string of the molecule is Cc1nn(-c2cccc(Cl)c2)c2nc(-c3ccc(OCc4ccc(Cl)cc4Cl)cc3)cc(C(F)(F)F)c12. The number of benzene rings is 3. The van der Waals surface area contributed by atoms with Gasteiger partial charge in [-0.3, -0.25) is 0 Å². The van der Waals surface area contributed by atoms with Crippen LogP contribution in [0.3, 0.4) is 0 Å². The Kier molecular flexibility index (Phi) is 6.79. The fraction of sp³-hybridized carbons (Fsp3) is 0.111. The molecule has 0 fully saturated rings. The van der Waals surface area contributed by atoms with Gasteiger partial charge in [0, 0.05) is 26.2 Å². The molecule has 0 spiro atoms. The normalized spacial score (nSPS) is 11.8. The lowest BCUT2D eigenvalue weighted by Gasteiger charge is -2.13. The van der Waals surface area contributed by atoms with Gasteiger partial charge in [-0.05, 0) is 67.6 Å². The van der Waals surface area contributed by atoms with E-state index in [2.05, 4.69) is 10.1 Å². The van der Waals surface area contributed by atoms with Gasteiger partial charge in [-0.1, -0.05) is 46.9 Å². The lowest BCUT2D eigenvalue weighted by atomic mass is 10.0. The maximum Gasteiger partial charge on any atom is 0.417 e. The molecule has 3 aromatic carbocycles. The van der Waals surface area contributed by atoms with E-state index >= 15 is 0 Å². The Morgan fingerprint density at radius 3 is 2.30 bits per heavy atom. The van der Waals surface area contributed by atoms with Crippen LogP contribution in [0.2, 0.25) is 15.1 Å². The molecule has 37 heavy (non-hydrogen) atoms. The van der Waals surface area contributed by atoms with Crippen molar-refractivity contribution >= 4 is 45.8 Å². The molecule has 0 amide bonds. The number of hydrogen-bond donors (Lipinski definition) is 0. The highest BCUT2D eigenvalue weighted by atomic mass is 35.5. The smallest absolute Gasteiger partial charge is 0.417 e. The number of fused-ring (bicyclic) bond motifs is 1. The lowest BCUT2D eigenvalue weighted by Crippen LogP contribution is -2.08. The van der Waals surface area contributed by atoms with Crippen molar-refractivity contribution in [3.63, 3.8) is 0 Å². The molecular formula is C27H17Cl3F3N3O. The zero-order chi connectivity index (χ0) is 26.3. The van der Waals surface area contributed by atoms with Crippen LogP contribution in [-0.2, 0) is 12.8 Å². The molecule has 2 aromatic heterocycles. The van der Waals surface area contributed by atoms with Gasteiger partial charge < -0.3 is 4.74 Å². The van der Waals surface area contributed by atoms with Crippen LogP contribution >= 0.6 is 34.8 Å². The van der Waals surface area contributed by atoms with Crippen LogP contribution in [0, 0.1) is 6.92 Å². The Balaban J connectivity index is 1.53. The third-order valence-corrected chi connectivity index (χ3v) is 6.55. The molecule has 0 radical (unpaired) electrons. The van der Waals surface area contributed by atoms with Crippen molar-refractivity contribution in [3.05, 3.63) is 105 Å². The van der Waals surface area contributed by atoms with Gasteiger partial charge in [-0.25, -0.2) is 9.67 Å². The van der Waals surface area contributed by atoms with Gasteiger partial charge in [0.2, 0.25) is 0 Å². The third-order valence-electron chi connectivity index (χ3n) is 5.73. The molecule has 0 aliphatic carbocycles. The number of ether oxygens (including phenoxy) is 1. The molecule has 0 atom stereocenters. The maximum absolute atomic E-state index is 14.1. The van der Waals surface area contributed by atoms with E-state index < -0.39 is 11.7 Å². The average Bonchev–Trinajstić information content (AvgIpc) is 3.19. The Morgan fingerprint density at radius 1 is 0.892 bits per heavy atom. The summed E-state index contributed by atoms with van der Waals surface area (Å²) < 4.78 is 49.5. The van der Waals surface area contributed by atoms with Crippen molar-refractivity contribution in [1.29, 1.82) is 0 Å². The number of aromatic nitrogens is 3. The highest BCUT2D eigenvalue weighted by Crippen LogP contribution is 2.39. The molecule has 2 heterocycles. The first kappa shape index (κ1) is 25.4. The summed E-state index contributed by atoms with van der Waals surface area (Å²) in [6.45, 7) is 1.73. The largest absolute Gasteiger partial charge is 0.489 e. The summed E-state index contributed by atoms with van der Waals surface area (Å²) >= 11 is 18.2. The van der Waals surface area contributed by atoms with Gasteiger partial charge in [-0.15, -0.1) is 0 Å². The first-order valence-corrected chi connectivity index (χ1v) is 12.1. The van der Waals surface area contributed by atoms with E-state index in [-0.39, 0.29) is 29.0 Å². The quantitative estimate of drug-likeness (QED) is 0.215. The Morgan fingerprint density at radius 2 is 1.62 bits per heavy atom. The van der Waals surface area contributed by atoms with E-state index in [1.807, 2.05) is 0 Å². The van der Waals surface area contributed by atoms with Crippen molar-refractivity contribution in [2.24, 2.45) is 0 Å². The summed E-state index contributed by atoms with van der Waals surface area (Å²) in [5.41, 5.74) is 1.38. The highest BCUT2D eigenvalue weighted by Gasteiger charge is 2.36. The molecule has 0 N–H and O–H groups in total. The molecule has 5 rings (SSSR count). The third kappa shape index (κ3) is 5.25. The summed E-state index contributed by atoms with van der Waals surface area (Å²) in [6.07, 6.45) is -4.61. The molecular weight excluding hydrogens is 546 g/mol. The van der Waals surface area contributed by atoms with E-state index in [0.717, 1.165) is 11.6 Å². The number of nitrogens with zero attached hydrogens (tertiary/aromatic N) is 3. The average molecular weight is 563 g/mol. The monoisotopic (exact) mass is 561 g/mol. The van der Waals surface area contributed by atoms with Crippen LogP contribution in [0.5, 0.6) is 5.75 Å². The summed E-state index contributed by atoms with van der Waals surface area (Å²) in [4.78, 5) is 4.58. The molecule has 0 saturated heterocycles. The number of halogens is 6. The van der Waals surface area contributed by atoms with Crippen LogP contribution in [0.4, 0.5) is 13.2 Å². The highest BCUT2D eigenvalue weighted by molar-refractivity contribution is 6.35. The Hall–Kier alpha value is -3.26. The van der Waals surface area contributed by atoms with E-state index in [0.29, 0.717) is 32.1 Å². The van der Waals surface area contributed by atoms with Crippen LogP contribution in [0.25, 0.3) is 28.0 Å². The van der Waals surface area contributed by atoms with Crippen LogP contribution < -0.4 is 4.74 Å². The summed E-state index contributed by atoms with van der Waals surface area (Å²) in [5, 5.41) is 5.72. The molecule has 0 saturated carbocycles. The second-order valence-electron chi connectivity index (χ2n) is 8.28. The van der Waals surface area contributed by atoms with Crippen LogP contribution in [-0.4, -0.2) is 14.8 Å². The molecule has 0 bridgehead atoms. The zero-order valence-corrected chi connectivity index (χ0v) is 21.4. The topological polar surface area (TPSA) is 39.9 Å². The van der Waals surface area contributed by atoms with E-state index in [9.17, 15) is 13.2 Å². The van der Waals surface area contributed by atoms with Gasteiger partial charge in [0.25, 0.3) is 0 Å². The van der Waals surface area contributed by atoms with Gasteiger partial charge in [0.05, 0.1) is 28.0 Å². The van der Waals surface area contributed by atoms with E-state index in [4.69, 9.17) is 39.5 Å². The number of rotatable bonds is 5. The van der Waals surface area contributed by atoms with Crippen LogP contribution in [0.15, 0.2) is 72.8 Å². The van der Waals surface area contributed by atoms with Crippen LogP contribution in [0.1, 0.15) is 16.8 Å². The minimum atomic E-state index is -4.61. The van der Waals surface area contributed by atoms with E-state index in [1.54, 1.807) is 66.7 Å². The van der Waals surface area contributed by atoms with Crippen molar-refractivity contribution in [3.8, 4) is 22.7 Å². The van der Waals surface area contributed by atoms with Gasteiger partial charge in [0.15, 0.2) is 5.65 Å². The molecule has 0 unspecified atom stereocenters. The molecule has 10 heteroatoms. The predicted octanol–water partition coefficient (Wildman–Crippen LogP) is 8.95. The maximum atomic E-state index is 14.1. The summed E-state index contributed by atoms with van der Waals surface area (Å²) in [7, 11) is 0. The van der Waals surface area contributed by atoms with Crippen molar-refractivity contribution < 1.29 is 17.9 Å². The molecule has 188 valence electrons. The number of hydrogen-bond acceptors (Lipinski definition) is 3. The Bertz CT molecular complexity index is 1620. The van der Waals surface area contributed by atoms with Crippen molar-refractivity contribution in [2.45, 2.75) is 19.7 Å². The second kappa shape index (κ2) is 9.89. The first-order chi connectivity index (χ1) is 17.6. The fourth-order valence-corrected chi connectivity index (χ4v) is 4.62. The number of pyridine rings is 1. The van der Waals surface area contributed by atoms with Gasteiger partial charge in [0.1, 0.15) is 12.4 Å². The Labute approximate surface area is 225 Å². The molecule has 4 nitrogen and oxygen atoms in total. The number of aryl methyl sites for hydroxylation is 1. The van der Waals surface area contributed by atoms with Gasteiger partial charge in [-0.2, -0.15) is 18.3 Å². The first-order valence-electron chi connectivity index (χ1n) is 11.0. The minimum absolute atomic E-state index is 0.0592. The summed E-state index contributed by atoms with van der Waals surface area (Å²) in [5.74, 6) is 0.520. The van der Waals surface area contributed by atoms with Gasteiger partial charge >= 0.3 is 6.18 Å². The van der Waals surface area contributed by atoms with Crippen molar-refractivity contribution in [2.75, 3.05) is 0 Å². The summed E-state index contributed by atoms with van der Waals surface area (Å²) in [6, 6.07) is 19.5. The van der Waals surface area contributed by atoms with Crippen molar-refractivity contribution in [1.82, 2.24) is 14.8 Å². The molecule has 0 aliphatic heterocycles. The zero-order valence-electron chi connectivity index (χ0n) is 19.2. The predicted molar refractivity (Wildman–Crippen MR) is 140 cm³/mol.